The first-order chi connectivity index (χ1) is 5.19. The van der Waals surface area contributed by atoms with Gasteiger partial charge in [-0.3, -0.25) is 0 Å². The summed E-state index contributed by atoms with van der Waals surface area (Å²) in [6.45, 7) is 15.3. The summed E-state index contributed by atoms with van der Waals surface area (Å²) in [5.74, 6) is 0. The van der Waals surface area contributed by atoms with E-state index in [0.717, 1.165) is 0 Å². The molecule has 0 aliphatic heterocycles. The number of aliphatic hydroxyl groups is 1. The van der Waals surface area contributed by atoms with Crippen molar-refractivity contribution in [3.8, 4) is 0 Å². The molecule has 0 spiro atoms. The van der Waals surface area contributed by atoms with Gasteiger partial charge in [-0.25, -0.2) is 0 Å². The topological polar surface area (TPSA) is 20.2 Å². The van der Waals surface area contributed by atoms with Crippen molar-refractivity contribution in [2.75, 3.05) is 6.61 Å². The van der Waals surface area contributed by atoms with Gasteiger partial charge in [0.15, 0.2) is 0 Å². The lowest BCUT2D eigenvalue weighted by molar-refractivity contribution is 0.318. The van der Waals surface area contributed by atoms with E-state index in [4.69, 9.17) is 5.11 Å². The van der Waals surface area contributed by atoms with Gasteiger partial charge in [-0.05, 0) is 6.04 Å². The Balaban J connectivity index is 4.45. The second-order valence-electron chi connectivity index (χ2n) is 5.80. The van der Waals surface area contributed by atoms with Crippen molar-refractivity contribution in [3.05, 3.63) is 0 Å². The van der Waals surface area contributed by atoms with E-state index in [-0.39, 0.29) is 0 Å². The molecular formula is C8H24OSi3. The Morgan fingerprint density at radius 3 is 1.33 bits per heavy atom. The lowest BCUT2D eigenvalue weighted by atomic mass is 10.9. The smallest absolute Gasteiger partial charge is 0.0401 e. The molecule has 0 aromatic heterocycles. The van der Waals surface area contributed by atoms with Crippen molar-refractivity contribution in [3.63, 3.8) is 0 Å². The zero-order valence-corrected chi connectivity index (χ0v) is 12.6. The van der Waals surface area contributed by atoms with Crippen LogP contribution in [0.2, 0.25) is 45.3 Å². The zero-order valence-electron chi connectivity index (χ0n) is 9.44. The van der Waals surface area contributed by atoms with Crippen LogP contribution >= 0.6 is 0 Å². The average Bonchev–Trinajstić information content (AvgIpc) is 1.77. The Kier molecular flexibility index (Phi) is 4.43. The fourth-order valence-electron chi connectivity index (χ4n) is 2.29. The summed E-state index contributed by atoms with van der Waals surface area (Å²) in [4.78, 5) is 0. The molecule has 0 aromatic rings. The number of aliphatic hydroxyl groups excluding tert-OH is 1. The molecule has 0 atom stereocenters. The highest BCUT2D eigenvalue weighted by Gasteiger charge is 2.37. The summed E-state index contributed by atoms with van der Waals surface area (Å²) in [7, 11) is -2.39. The van der Waals surface area contributed by atoms with E-state index in [1.54, 1.807) is 0 Å². The van der Waals surface area contributed by atoms with Crippen LogP contribution in [0.15, 0.2) is 0 Å². The summed E-state index contributed by atoms with van der Waals surface area (Å²) < 4.78 is 0. The molecule has 0 amide bonds. The molecule has 0 aliphatic carbocycles. The molecule has 12 heavy (non-hydrogen) atoms. The molecule has 0 rings (SSSR count). The Bertz CT molecular complexity index is 120. The van der Waals surface area contributed by atoms with Crippen LogP contribution in [0.5, 0.6) is 0 Å². The van der Waals surface area contributed by atoms with Gasteiger partial charge in [0.1, 0.15) is 0 Å². The maximum Gasteiger partial charge on any atom is 0.0401 e. The molecule has 0 aromatic carbocycles. The Labute approximate surface area is 80.4 Å². The first-order valence-electron chi connectivity index (χ1n) is 4.80. The maximum absolute atomic E-state index is 9.04. The molecule has 74 valence electrons. The first kappa shape index (κ1) is 12.6. The zero-order chi connectivity index (χ0) is 9.99. The predicted molar refractivity (Wildman–Crippen MR) is 65.7 cm³/mol. The van der Waals surface area contributed by atoms with Crippen molar-refractivity contribution < 1.29 is 5.11 Å². The third kappa shape index (κ3) is 4.02. The van der Waals surface area contributed by atoms with Crippen molar-refractivity contribution in [1.82, 2.24) is 0 Å². The molecule has 0 fully saturated rings. The van der Waals surface area contributed by atoms with Crippen molar-refractivity contribution in [2.24, 2.45) is 0 Å². The van der Waals surface area contributed by atoms with Crippen molar-refractivity contribution in [2.45, 2.75) is 45.3 Å². The molecule has 0 heterocycles. The standard InChI is InChI=1S/C8H24OSi3/c1-11(2,3)10(8-7-9)12(4,5)6/h9-10H,7-8H2,1-6H3. The quantitative estimate of drug-likeness (QED) is 0.719. The minimum Gasteiger partial charge on any atom is -0.397 e. The van der Waals surface area contributed by atoms with Crippen LogP contribution in [-0.4, -0.2) is 34.7 Å². The van der Waals surface area contributed by atoms with E-state index >= 15 is 0 Å². The van der Waals surface area contributed by atoms with Gasteiger partial charge in [0, 0.05) is 29.6 Å². The number of hydrogen-bond donors (Lipinski definition) is 1. The monoisotopic (exact) mass is 220 g/mol. The lowest BCUT2D eigenvalue weighted by Crippen LogP contribution is -2.58. The molecule has 0 aliphatic rings. The molecule has 4 heteroatoms. The van der Waals surface area contributed by atoms with Gasteiger partial charge in [0.2, 0.25) is 0 Å². The first-order valence-corrected chi connectivity index (χ1v) is 16.2. The SMILES string of the molecule is C[Si](C)(C)[SiH](CCO)[Si](C)(C)C. The second-order valence-corrected chi connectivity index (χ2v) is 33.2. The molecule has 0 saturated carbocycles. The highest BCUT2D eigenvalue weighted by molar-refractivity contribution is 7.60. The van der Waals surface area contributed by atoms with Crippen LogP contribution < -0.4 is 0 Å². The van der Waals surface area contributed by atoms with Crippen molar-refractivity contribution >= 4 is 23.0 Å². The fraction of sp³-hybridized carbons (Fsp3) is 1.00. The van der Waals surface area contributed by atoms with Gasteiger partial charge in [-0.2, -0.15) is 0 Å². The van der Waals surface area contributed by atoms with Gasteiger partial charge in [0.05, 0.1) is 0 Å². The normalized spacial score (nSPS) is 14.0. The van der Waals surface area contributed by atoms with Crippen LogP contribution in [-0.2, 0) is 0 Å². The Morgan fingerprint density at radius 2 is 1.25 bits per heavy atom. The van der Waals surface area contributed by atoms with E-state index in [9.17, 15) is 0 Å². The van der Waals surface area contributed by atoms with E-state index in [1.807, 2.05) is 0 Å². The van der Waals surface area contributed by atoms with Gasteiger partial charge < -0.3 is 5.11 Å². The highest BCUT2D eigenvalue weighted by atomic mass is 29.6. The van der Waals surface area contributed by atoms with Gasteiger partial charge in [-0.15, -0.1) is 0 Å². The van der Waals surface area contributed by atoms with Gasteiger partial charge in [-0.1, -0.05) is 39.3 Å². The summed E-state index contributed by atoms with van der Waals surface area (Å²) >= 11 is 0. The van der Waals surface area contributed by atoms with E-state index in [1.165, 1.54) is 6.04 Å². The van der Waals surface area contributed by atoms with Crippen LogP contribution in [0.4, 0.5) is 0 Å². The number of rotatable bonds is 4. The third-order valence-corrected chi connectivity index (χ3v) is 37.4. The minimum atomic E-state index is -0.902. The molecule has 0 unspecified atom stereocenters. The molecule has 0 saturated heterocycles. The van der Waals surface area contributed by atoms with E-state index in [0.29, 0.717) is 6.61 Å². The van der Waals surface area contributed by atoms with Crippen LogP contribution in [0.3, 0.4) is 0 Å². The molecule has 0 radical (unpaired) electrons. The molecule has 1 N–H and O–H groups in total. The largest absolute Gasteiger partial charge is 0.397 e. The summed E-state index contributed by atoms with van der Waals surface area (Å²) in [6, 6.07) is 1.17. The van der Waals surface area contributed by atoms with E-state index < -0.39 is 23.0 Å². The molecular weight excluding hydrogens is 196 g/mol. The van der Waals surface area contributed by atoms with Crippen LogP contribution in [0, 0.1) is 0 Å². The lowest BCUT2D eigenvalue weighted by Gasteiger charge is -2.36. The maximum atomic E-state index is 9.04. The summed E-state index contributed by atoms with van der Waals surface area (Å²) in [6.07, 6.45) is 0. The summed E-state index contributed by atoms with van der Waals surface area (Å²) in [5, 5.41) is 9.04. The molecule has 1 nitrogen and oxygen atoms in total. The summed E-state index contributed by atoms with van der Waals surface area (Å²) in [5.41, 5.74) is 0. The highest BCUT2D eigenvalue weighted by Crippen LogP contribution is 2.20. The van der Waals surface area contributed by atoms with E-state index in [2.05, 4.69) is 39.3 Å². The average molecular weight is 221 g/mol. The number of hydrogen-bond acceptors (Lipinski definition) is 1. The van der Waals surface area contributed by atoms with Crippen LogP contribution in [0.25, 0.3) is 0 Å². The third-order valence-electron chi connectivity index (χ3n) is 2.51. The van der Waals surface area contributed by atoms with Crippen molar-refractivity contribution in [1.29, 1.82) is 0 Å². The fourth-order valence-corrected chi connectivity index (χ4v) is 44.0. The second kappa shape index (κ2) is 4.21. The Morgan fingerprint density at radius 1 is 0.917 bits per heavy atom. The minimum absolute atomic E-state index is 0.436. The Hall–Kier alpha value is 0.611. The van der Waals surface area contributed by atoms with Gasteiger partial charge in [0.25, 0.3) is 0 Å². The van der Waals surface area contributed by atoms with Crippen LogP contribution in [0.1, 0.15) is 0 Å². The van der Waals surface area contributed by atoms with Gasteiger partial charge >= 0.3 is 0 Å². The molecule has 0 bridgehead atoms. The predicted octanol–water partition coefficient (Wildman–Crippen LogP) is 2.04.